The van der Waals surface area contributed by atoms with Crippen LogP contribution in [0.2, 0.25) is 0 Å². The predicted octanol–water partition coefficient (Wildman–Crippen LogP) is 0.618. The first-order chi connectivity index (χ1) is 16.1. The lowest BCUT2D eigenvalue weighted by atomic mass is 10.1. The van der Waals surface area contributed by atoms with Gasteiger partial charge >= 0.3 is 0 Å². The zero-order valence-corrected chi connectivity index (χ0v) is 18.1. The molecule has 0 radical (unpaired) electrons. The fraction of sp³-hybridized carbons (Fsp3) is 0.318. The van der Waals surface area contributed by atoms with Crippen LogP contribution in [0.1, 0.15) is 26.4 Å². The second-order valence-corrected chi connectivity index (χ2v) is 7.58. The van der Waals surface area contributed by atoms with E-state index in [0.29, 0.717) is 24.3 Å². The highest BCUT2D eigenvalue weighted by Crippen LogP contribution is 2.12. The minimum atomic E-state index is -0.462. The van der Waals surface area contributed by atoms with E-state index in [1.165, 1.54) is 18.6 Å². The van der Waals surface area contributed by atoms with Gasteiger partial charge in [0.1, 0.15) is 0 Å². The van der Waals surface area contributed by atoms with Crippen molar-refractivity contribution >= 4 is 23.3 Å². The van der Waals surface area contributed by atoms with E-state index in [1.807, 2.05) is 18.2 Å². The summed E-state index contributed by atoms with van der Waals surface area (Å²) in [5.41, 5.74) is 7.75. The number of anilines is 2. The summed E-state index contributed by atoms with van der Waals surface area (Å²) in [6.45, 7) is 5.09. The first-order valence-corrected chi connectivity index (χ1v) is 10.7. The fourth-order valence-corrected chi connectivity index (χ4v) is 3.48. The molecule has 1 fully saturated rings. The van der Waals surface area contributed by atoms with E-state index in [1.54, 1.807) is 16.9 Å². The molecule has 4 rings (SSSR count). The molecular formula is C22H26N8O3. The van der Waals surface area contributed by atoms with Crippen LogP contribution in [-0.4, -0.2) is 75.9 Å². The van der Waals surface area contributed by atoms with E-state index in [0.717, 1.165) is 38.4 Å². The van der Waals surface area contributed by atoms with Crippen LogP contribution in [-0.2, 0) is 11.3 Å². The highest BCUT2D eigenvalue weighted by atomic mass is 16.5. The number of nitrogens with zero attached hydrogens (tertiary/aromatic N) is 5. The molecule has 1 aliphatic heterocycles. The van der Waals surface area contributed by atoms with Crippen molar-refractivity contribution in [3.05, 3.63) is 65.9 Å². The number of rotatable bonds is 8. The first kappa shape index (κ1) is 22.4. The molecule has 1 aliphatic rings. The van der Waals surface area contributed by atoms with Gasteiger partial charge in [-0.25, -0.2) is 9.97 Å². The molecule has 0 aliphatic carbocycles. The van der Waals surface area contributed by atoms with Crippen LogP contribution in [0, 0.1) is 0 Å². The van der Waals surface area contributed by atoms with Gasteiger partial charge in [-0.3, -0.25) is 19.2 Å². The molecule has 2 amide bonds. The number of amides is 2. The molecule has 2 aromatic heterocycles. The van der Waals surface area contributed by atoms with Crippen LogP contribution in [0.3, 0.4) is 0 Å². The second kappa shape index (κ2) is 10.7. The van der Waals surface area contributed by atoms with Gasteiger partial charge in [-0.2, -0.15) is 5.10 Å². The summed E-state index contributed by atoms with van der Waals surface area (Å²) in [5.74, 6) is -0.515. The van der Waals surface area contributed by atoms with Gasteiger partial charge in [0.15, 0.2) is 11.5 Å². The minimum Gasteiger partial charge on any atom is -0.382 e. The van der Waals surface area contributed by atoms with Gasteiger partial charge in [0.2, 0.25) is 0 Å². The van der Waals surface area contributed by atoms with Crippen LogP contribution in [0.5, 0.6) is 0 Å². The molecule has 172 valence electrons. The summed E-state index contributed by atoms with van der Waals surface area (Å²) in [5, 5.41) is 9.95. The average molecular weight is 451 g/mol. The monoisotopic (exact) mass is 450 g/mol. The molecule has 11 nitrogen and oxygen atoms in total. The van der Waals surface area contributed by atoms with E-state index < -0.39 is 5.91 Å². The van der Waals surface area contributed by atoms with E-state index in [9.17, 15) is 9.59 Å². The van der Waals surface area contributed by atoms with Crippen molar-refractivity contribution in [3.63, 3.8) is 0 Å². The number of ether oxygens (including phenoxy) is 1. The molecule has 1 aromatic carbocycles. The van der Waals surface area contributed by atoms with Crippen molar-refractivity contribution in [1.82, 2.24) is 30.0 Å². The Balaban J connectivity index is 1.31. The third-order valence-electron chi connectivity index (χ3n) is 5.18. The maximum absolute atomic E-state index is 12.5. The Hall–Kier alpha value is -3.83. The van der Waals surface area contributed by atoms with Gasteiger partial charge in [0.05, 0.1) is 31.6 Å². The standard InChI is InChI=1S/C22H26N8O3/c23-20-19(24-4-5-25-20)22(32)28-18-13-27-30(15-18)14-16-2-1-3-17(12-16)21(31)26-6-7-29-8-10-33-11-9-29/h1-5,12-13,15H,6-11,14H2,(H2,23,25)(H,26,31)(H,28,32). The Kier molecular flexibility index (Phi) is 7.22. The molecule has 0 saturated carbocycles. The van der Waals surface area contributed by atoms with Crippen LogP contribution in [0.15, 0.2) is 49.1 Å². The lowest BCUT2D eigenvalue weighted by molar-refractivity contribution is 0.0383. The molecular weight excluding hydrogens is 424 g/mol. The van der Waals surface area contributed by atoms with Gasteiger partial charge in [-0.05, 0) is 17.7 Å². The molecule has 1 saturated heterocycles. The topological polar surface area (TPSA) is 140 Å². The molecule has 3 aromatic rings. The first-order valence-electron chi connectivity index (χ1n) is 10.7. The van der Waals surface area contributed by atoms with Gasteiger partial charge in [-0.1, -0.05) is 12.1 Å². The van der Waals surface area contributed by atoms with E-state index in [4.69, 9.17) is 10.5 Å². The number of nitrogens with two attached hydrogens (primary N) is 1. The number of carbonyl (C=O) groups is 2. The largest absolute Gasteiger partial charge is 0.382 e. The summed E-state index contributed by atoms with van der Waals surface area (Å²) < 4.78 is 7.01. The SMILES string of the molecule is Nc1nccnc1C(=O)Nc1cnn(Cc2cccc(C(=O)NCCN3CCOCC3)c2)c1. The summed E-state index contributed by atoms with van der Waals surface area (Å²) >= 11 is 0. The van der Waals surface area contributed by atoms with E-state index >= 15 is 0 Å². The quantitative estimate of drug-likeness (QED) is 0.454. The van der Waals surface area contributed by atoms with E-state index in [-0.39, 0.29) is 17.4 Å². The fourth-order valence-electron chi connectivity index (χ4n) is 3.48. The Morgan fingerprint density at radius 1 is 1.12 bits per heavy atom. The third-order valence-corrected chi connectivity index (χ3v) is 5.18. The zero-order chi connectivity index (χ0) is 23.0. The molecule has 0 spiro atoms. The van der Waals surface area contributed by atoms with Crippen LogP contribution in [0.4, 0.5) is 11.5 Å². The summed E-state index contributed by atoms with van der Waals surface area (Å²) in [7, 11) is 0. The molecule has 0 unspecified atom stereocenters. The predicted molar refractivity (Wildman–Crippen MR) is 122 cm³/mol. The van der Waals surface area contributed by atoms with E-state index in [2.05, 4.69) is 30.6 Å². The number of hydrogen-bond acceptors (Lipinski definition) is 8. The molecule has 0 atom stereocenters. The second-order valence-electron chi connectivity index (χ2n) is 7.58. The number of nitrogen functional groups attached to an aromatic ring is 1. The van der Waals surface area contributed by atoms with Crippen molar-refractivity contribution in [2.75, 3.05) is 50.4 Å². The number of nitrogens with one attached hydrogen (secondary N) is 2. The summed E-state index contributed by atoms with van der Waals surface area (Å²) in [6, 6.07) is 7.39. The van der Waals surface area contributed by atoms with Crippen LogP contribution >= 0.6 is 0 Å². The minimum absolute atomic E-state index is 0.0533. The van der Waals surface area contributed by atoms with Gasteiger partial charge in [0, 0.05) is 50.3 Å². The van der Waals surface area contributed by atoms with Gasteiger partial charge in [0.25, 0.3) is 11.8 Å². The lowest BCUT2D eigenvalue weighted by Crippen LogP contribution is -2.41. The Labute approximate surface area is 191 Å². The van der Waals surface area contributed by atoms with Crippen LogP contribution in [0.25, 0.3) is 0 Å². The zero-order valence-electron chi connectivity index (χ0n) is 18.1. The maximum Gasteiger partial charge on any atom is 0.278 e. The number of carbonyl (C=O) groups excluding carboxylic acids is 2. The number of morpholine rings is 1. The van der Waals surface area contributed by atoms with Crippen molar-refractivity contribution in [3.8, 4) is 0 Å². The number of aromatic nitrogens is 4. The molecule has 3 heterocycles. The third kappa shape index (κ3) is 6.11. The van der Waals surface area contributed by atoms with Crippen molar-refractivity contribution in [1.29, 1.82) is 0 Å². The molecule has 0 bridgehead atoms. The van der Waals surface area contributed by atoms with Crippen LogP contribution < -0.4 is 16.4 Å². The van der Waals surface area contributed by atoms with Crippen molar-refractivity contribution in [2.45, 2.75) is 6.54 Å². The maximum atomic E-state index is 12.5. The summed E-state index contributed by atoms with van der Waals surface area (Å²) in [6.07, 6.45) is 6.05. The Morgan fingerprint density at radius 3 is 2.76 bits per heavy atom. The van der Waals surface area contributed by atoms with Gasteiger partial charge in [-0.15, -0.1) is 0 Å². The van der Waals surface area contributed by atoms with Gasteiger partial charge < -0.3 is 21.1 Å². The smallest absolute Gasteiger partial charge is 0.278 e. The highest BCUT2D eigenvalue weighted by Gasteiger charge is 2.14. The molecule has 33 heavy (non-hydrogen) atoms. The lowest BCUT2D eigenvalue weighted by Gasteiger charge is -2.26. The highest BCUT2D eigenvalue weighted by molar-refractivity contribution is 6.05. The number of hydrogen-bond donors (Lipinski definition) is 3. The average Bonchev–Trinajstić information content (AvgIpc) is 3.26. The Bertz CT molecular complexity index is 1110. The summed E-state index contributed by atoms with van der Waals surface area (Å²) in [4.78, 5) is 34.9. The van der Waals surface area contributed by atoms with Crippen molar-refractivity contribution in [2.24, 2.45) is 0 Å². The molecule has 4 N–H and O–H groups in total. The molecule has 11 heteroatoms. The van der Waals surface area contributed by atoms with Crippen molar-refractivity contribution < 1.29 is 14.3 Å². The normalized spacial score (nSPS) is 14.1. The number of benzene rings is 1. The Morgan fingerprint density at radius 2 is 1.94 bits per heavy atom.